The lowest BCUT2D eigenvalue weighted by Gasteiger charge is -2.15. The first kappa shape index (κ1) is 9.36. The quantitative estimate of drug-likeness (QED) is 0.578. The van der Waals surface area contributed by atoms with Crippen LogP contribution in [0.25, 0.3) is 0 Å². The minimum Gasteiger partial charge on any atom is -0.198 e. The zero-order chi connectivity index (χ0) is 7.49. The van der Waals surface area contributed by atoms with E-state index in [1.807, 2.05) is 6.07 Å². The van der Waals surface area contributed by atoms with Crippen LogP contribution in [-0.4, -0.2) is 3.79 Å². The Morgan fingerprint density at radius 2 is 2.00 bits per heavy atom. The van der Waals surface area contributed by atoms with Crippen molar-refractivity contribution < 1.29 is 0 Å². The summed E-state index contributed by atoms with van der Waals surface area (Å²) in [4.78, 5) is 0. The van der Waals surface area contributed by atoms with Crippen molar-refractivity contribution in [3.63, 3.8) is 0 Å². The van der Waals surface area contributed by atoms with E-state index >= 15 is 0 Å². The van der Waals surface area contributed by atoms with Gasteiger partial charge < -0.3 is 0 Å². The molecule has 0 unspecified atom stereocenters. The summed E-state index contributed by atoms with van der Waals surface area (Å²) in [6.45, 7) is 1.72. The summed E-state index contributed by atoms with van der Waals surface area (Å²) in [5.41, 5.74) is 0. The van der Waals surface area contributed by atoms with Crippen molar-refractivity contribution in [1.29, 1.82) is 5.26 Å². The Hall–Kier alpha value is 0.360. The first-order valence-electron chi connectivity index (χ1n) is 2.42. The molecule has 0 fully saturated rings. The number of halogens is 3. The molecule has 52 valence electrons. The Morgan fingerprint density at radius 3 is 2.11 bits per heavy atom. The fraction of sp³-hybridized carbons (Fsp3) is 0.800. The van der Waals surface area contributed by atoms with E-state index in [0.29, 0.717) is 0 Å². The lowest BCUT2D eigenvalue weighted by Crippen LogP contribution is -2.14. The number of hydrogen-bond acceptors (Lipinski definition) is 1. The minimum atomic E-state index is -1.30. The van der Waals surface area contributed by atoms with E-state index in [2.05, 4.69) is 0 Å². The van der Waals surface area contributed by atoms with Gasteiger partial charge in [-0.1, -0.05) is 41.7 Å². The van der Waals surface area contributed by atoms with Crippen LogP contribution in [0.5, 0.6) is 0 Å². The first-order chi connectivity index (χ1) is 3.98. The maximum atomic E-state index is 8.17. The third kappa shape index (κ3) is 3.86. The second-order valence-electron chi connectivity index (χ2n) is 1.80. The zero-order valence-corrected chi connectivity index (χ0v) is 7.13. The molecule has 0 saturated carbocycles. The molecule has 0 saturated heterocycles. The van der Waals surface area contributed by atoms with Gasteiger partial charge >= 0.3 is 0 Å². The van der Waals surface area contributed by atoms with E-state index in [1.54, 1.807) is 6.92 Å². The molecule has 0 heterocycles. The number of rotatable bonds is 1. The molecule has 1 atom stereocenters. The largest absolute Gasteiger partial charge is 0.198 e. The average molecular weight is 186 g/mol. The molecular formula is C5H6Cl3N. The second kappa shape index (κ2) is 3.51. The lowest BCUT2D eigenvalue weighted by atomic mass is 10.1. The molecule has 0 aromatic heterocycles. The van der Waals surface area contributed by atoms with E-state index in [9.17, 15) is 0 Å². The summed E-state index contributed by atoms with van der Waals surface area (Å²) in [6, 6.07) is 1.92. The van der Waals surface area contributed by atoms with Crippen LogP contribution in [0.3, 0.4) is 0 Å². The van der Waals surface area contributed by atoms with Crippen molar-refractivity contribution in [2.75, 3.05) is 0 Å². The van der Waals surface area contributed by atoms with Gasteiger partial charge in [0, 0.05) is 12.3 Å². The van der Waals surface area contributed by atoms with Crippen LogP contribution in [0, 0.1) is 17.2 Å². The Kier molecular flexibility index (Phi) is 3.65. The van der Waals surface area contributed by atoms with Gasteiger partial charge in [0.15, 0.2) is 3.79 Å². The standard InChI is InChI=1S/C5H6Cl3N/c1-4(2-3-9)5(6,7)8/h4H,2H2,1H3/t4-/m0/s1. The molecule has 0 aliphatic rings. The Balaban J connectivity index is 3.76. The fourth-order valence-electron chi connectivity index (χ4n) is 0.253. The van der Waals surface area contributed by atoms with Gasteiger partial charge in [0.05, 0.1) is 6.07 Å². The third-order valence-corrected chi connectivity index (χ3v) is 2.07. The smallest absolute Gasteiger partial charge is 0.194 e. The van der Waals surface area contributed by atoms with Crippen molar-refractivity contribution in [2.24, 2.45) is 5.92 Å². The van der Waals surface area contributed by atoms with E-state index < -0.39 is 3.79 Å². The highest BCUT2D eigenvalue weighted by atomic mass is 35.6. The van der Waals surface area contributed by atoms with Crippen LogP contribution in [0.4, 0.5) is 0 Å². The average Bonchev–Trinajstić information content (AvgIpc) is 1.64. The summed E-state index contributed by atoms with van der Waals surface area (Å²) in [5, 5.41) is 8.17. The molecule has 0 aromatic carbocycles. The van der Waals surface area contributed by atoms with Crippen LogP contribution in [-0.2, 0) is 0 Å². The van der Waals surface area contributed by atoms with Crippen LogP contribution < -0.4 is 0 Å². The number of hydrogen-bond donors (Lipinski definition) is 0. The normalized spacial score (nSPS) is 14.6. The minimum absolute atomic E-state index is 0.201. The Labute approximate surface area is 69.5 Å². The zero-order valence-electron chi connectivity index (χ0n) is 4.87. The van der Waals surface area contributed by atoms with Crippen molar-refractivity contribution in [3.05, 3.63) is 0 Å². The highest BCUT2D eigenvalue weighted by molar-refractivity contribution is 6.67. The molecule has 9 heavy (non-hydrogen) atoms. The predicted molar refractivity (Wildman–Crippen MR) is 39.7 cm³/mol. The van der Waals surface area contributed by atoms with Crippen molar-refractivity contribution in [3.8, 4) is 6.07 Å². The number of alkyl halides is 3. The van der Waals surface area contributed by atoms with Crippen LogP contribution >= 0.6 is 34.8 Å². The monoisotopic (exact) mass is 185 g/mol. The topological polar surface area (TPSA) is 23.8 Å². The summed E-state index contributed by atoms with van der Waals surface area (Å²) >= 11 is 16.3. The van der Waals surface area contributed by atoms with Crippen LogP contribution in [0.1, 0.15) is 13.3 Å². The first-order valence-corrected chi connectivity index (χ1v) is 3.55. The maximum Gasteiger partial charge on any atom is 0.194 e. The highest BCUT2D eigenvalue weighted by Gasteiger charge is 2.27. The Bertz CT molecular complexity index is 121. The van der Waals surface area contributed by atoms with Gasteiger partial charge in [-0.15, -0.1) is 0 Å². The molecule has 0 aliphatic heterocycles. The van der Waals surface area contributed by atoms with Gasteiger partial charge in [0.25, 0.3) is 0 Å². The third-order valence-electron chi connectivity index (χ3n) is 0.956. The summed E-state index contributed by atoms with van der Waals surface area (Å²) in [7, 11) is 0. The van der Waals surface area contributed by atoms with Gasteiger partial charge in [-0.3, -0.25) is 0 Å². The van der Waals surface area contributed by atoms with E-state index in [0.717, 1.165) is 0 Å². The summed E-state index contributed by atoms with van der Waals surface area (Å²) in [6.07, 6.45) is 0.274. The van der Waals surface area contributed by atoms with E-state index in [-0.39, 0.29) is 12.3 Å². The Morgan fingerprint density at radius 1 is 1.56 bits per heavy atom. The van der Waals surface area contributed by atoms with Gasteiger partial charge in [-0.25, -0.2) is 0 Å². The highest BCUT2D eigenvalue weighted by Crippen LogP contribution is 2.36. The van der Waals surface area contributed by atoms with Crippen LogP contribution in [0.15, 0.2) is 0 Å². The van der Waals surface area contributed by atoms with E-state index in [1.165, 1.54) is 0 Å². The van der Waals surface area contributed by atoms with Gasteiger partial charge in [0.2, 0.25) is 0 Å². The molecule has 0 bridgehead atoms. The lowest BCUT2D eigenvalue weighted by molar-refractivity contribution is 0.614. The van der Waals surface area contributed by atoms with Gasteiger partial charge in [-0.05, 0) is 0 Å². The molecule has 0 N–H and O–H groups in total. The van der Waals surface area contributed by atoms with Crippen molar-refractivity contribution >= 4 is 34.8 Å². The number of nitrogens with zero attached hydrogens (tertiary/aromatic N) is 1. The molecule has 1 nitrogen and oxygen atoms in total. The fourth-order valence-corrected chi connectivity index (χ4v) is 0.484. The predicted octanol–water partition coefficient (Wildman–Crippen LogP) is 2.91. The summed E-state index contributed by atoms with van der Waals surface area (Å²) < 4.78 is -1.30. The second-order valence-corrected chi connectivity index (χ2v) is 4.17. The van der Waals surface area contributed by atoms with Crippen molar-refractivity contribution in [2.45, 2.75) is 17.1 Å². The number of nitriles is 1. The van der Waals surface area contributed by atoms with Crippen molar-refractivity contribution in [1.82, 2.24) is 0 Å². The maximum absolute atomic E-state index is 8.17. The molecule has 0 aromatic rings. The molecular weight excluding hydrogens is 180 g/mol. The molecule has 0 radical (unpaired) electrons. The van der Waals surface area contributed by atoms with E-state index in [4.69, 9.17) is 40.1 Å². The SMILES string of the molecule is C[C@@H](CC#N)C(Cl)(Cl)Cl. The molecule has 0 rings (SSSR count). The molecule has 0 amide bonds. The summed E-state index contributed by atoms with van der Waals surface area (Å²) in [5.74, 6) is -0.201. The van der Waals surface area contributed by atoms with Gasteiger partial charge in [-0.2, -0.15) is 5.26 Å². The molecule has 0 aliphatic carbocycles. The van der Waals surface area contributed by atoms with Crippen LogP contribution in [0.2, 0.25) is 0 Å². The molecule has 0 spiro atoms. The van der Waals surface area contributed by atoms with Gasteiger partial charge in [0.1, 0.15) is 0 Å². The molecule has 4 heteroatoms.